The van der Waals surface area contributed by atoms with Crippen LogP contribution in [0.1, 0.15) is 50.5 Å². The van der Waals surface area contributed by atoms with Gasteiger partial charge in [-0.15, -0.1) is 0 Å². The highest BCUT2D eigenvalue weighted by Crippen LogP contribution is 2.27. The largest absolute Gasteiger partial charge is 0.606 e. The number of benzene rings is 2. The van der Waals surface area contributed by atoms with Crippen LogP contribution in [0.5, 0.6) is 0 Å². The van der Waals surface area contributed by atoms with Crippen molar-refractivity contribution >= 4 is 11.2 Å². The molecule has 5 heteroatoms. The van der Waals surface area contributed by atoms with Crippen molar-refractivity contribution in [3.05, 3.63) is 72.8 Å². The standard InChI is InChI=1S/C22H27N3OS/c1-2-3-4-6-9-20(16-25-18-23-17-24-25)19-12-14-22(15-13-19)27(26)21-10-7-5-8-11-21/h5,7-8,10-15,17-18,20H,2-4,6,9,16H2,1H3. The summed E-state index contributed by atoms with van der Waals surface area (Å²) < 4.78 is 14.6. The highest BCUT2D eigenvalue weighted by atomic mass is 32.2. The second-order valence-corrected chi connectivity index (χ2v) is 8.29. The summed E-state index contributed by atoms with van der Waals surface area (Å²) in [5.74, 6) is 0.391. The van der Waals surface area contributed by atoms with Crippen molar-refractivity contribution in [3.8, 4) is 0 Å². The van der Waals surface area contributed by atoms with Gasteiger partial charge in [-0.3, -0.25) is 4.68 Å². The molecule has 0 fully saturated rings. The number of rotatable bonds is 10. The molecule has 4 nitrogen and oxygen atoms in total. The van der Waals surface area contributed by atoms with Crippen molar-refractivity contribution < 1.29 is 4.55 Å². The van der Waals surface area contributed by atoms with Crippen molar-refractivity contribution in [2.75, 3.05) is 0 Å². The van der Waals surface area contributed by atoms with Gasteiger partial charge in [-0.1, -0.05) is 62.9 Å². The summed E-state index contributed by atoms with van der Waals surface area (Å²) in [6, 6.07) is 17.8. The van der Waals surface area contributed by atoms with Crippen LogP contribution in [0.25, 0.3) is 0 Å². The first-order chi connectivity index (χ1) is 13.3. The van der Waals surface area contributed by atoms with Crippen LogP contribution < -0.4 is 0 Å². The fraction of sp³-hybridized carbons (Fsp3) is 0.364. The van der Waals surface area contributed by atoms with E-state index < -0.39 is 11.2 Å². The third-order valence-electron chi connectivity index (χ3n) is 4.80. The summed E-state index contributed by atoms with van der Waals surface area (Å²) in [6.07, 6.45) is 9.49. The molecule has 2 atom stereocenters. The first kappa shape index (κ1) is 19.6. The van der Waals surface area contributed by atoms with Crippen LogP contribution in [0.2, 0.25) is 0 Å². The summed E-state index contributed by atoms with van der Waals surface area (Å²) >= 11 is -1.14. The average Bonchev–Trinajstić information content (AvgIpc) is 3.24. The third kappa shape index (κ3) is 5.68. The van der Waals surface area contributed by atoms with Gasteiger partial charge in [0.25, 0.3) is 0 Å². The maximum atomic E-state index is 12.7. The van der Waals surface area contributed by atoms with E-state index in [1.165, 1.54) is 31.2 Å². The lowest BCUT2D eigenvalue weighted by atomic mass is 9.93. The summed E-state index contributed by atoms with van der Waals surface area (Å²) in [7, 11) is 0. The molecular weight excluding hydrogens is 354 g/mol. The molecule has 1 heterocycles. The van der Waals surface area contributed by atoms with Crippen LogP contribution in [0, 0.1) is 0 Å². The van der Waals surface area contributed by atoms with Crippen molar-refractivity contribution in [2.45, 2.75) is 61.3 Å². The van der Waals surface area contributed by atoms with Crippen LogP contribution in [0.3, 0.4) is 0 Å². The molecule has 3 aromatic rings. The van der Waals surface area contributed by atoms with Crippen molar-refractivity contribution in [3.63, 3.8) is 0 Å². The second kappa shape index (κ2) is 10.3. The minimum atomic E-state index is -1.14. The van der Waals surface area contributed by atoms with E-state index in [2.05, 4.69) is 29.1 Å². The Morgan fingerprint density at radius 1 is 0.963 bits per heavy atom. The molecule has 3 rings (SSSR count). The Morgan fingerprint density at radius 3 is 2.37 bits per heavy atom. The number of aromatic nitrogens is 3. The quantitative estimate of drug-likeness (QED) is 0.358. The van der Waals surface area contributed by atoms with Crippen LogP contribution in [-0.2, 0) is 17.7 Å². The normalized spacial score (nSPS) is 13.4. The maximum Gasteiger partial charge on any atom is 0.158 e. The first-order valence-corrected chi connectivity index (χ1v) is 10.8. The molecule has 0 saturated carbocycles. The zero-order chi connectivity index (χ0) is 18.9. The number of unbranched alkanes of at least 4 members (excludes halogenated alkanes) is 3. The van der Waals surface area contributed by atoms with Gasteiger partial charge in [-0.25, -0.2) is 4.98 Å². The number of nitrogens with zero attached hydrogens (tertiary/aromatic N) is 3. The minimum absolute atomic E-state index is 0.391. The molecule has 142 valence electrons. The highest BCUT2D eigenvalue weighted by Gasteiger charge is 2.17. The Bertz CT molecular complexity index is 775. The van der Waals surface area contributed by atoms with Crippen molar-refractivity contribution in [2.24, 2.45) is 0 Å². The molecule has 0 spiro atoms. The summed E-state index contributed by atoms with van der Waals surface area (Å²) in [6.45, 7) is 3.06. The fourth-order valence-corrected chi connectivity index (χ4v) is 4.34. The molecule has 0 amide bonds. The van der Waals surface area contributed by atoms with Crippen LogP contribution in [0.4, 0.5) is 0 Å². The number of hydrogen-bond acceptors (Lipinski definition) is 3. The third-order valence-corrected chi connectivity index (χ3v) is 6.20. The van der Waals surface area contributed by atoms with Crippen LogP contribution >= 0.6 is 0 Å². The first-order valence-electron chi connectivity index (χ1n) is 9.67. The van der Waals surface area contributed by atoms with Gasteiger partial charge in [0.15, 0.2) is 9.79 Å². The Hall–Kier alpha value is -2.11. The summed E-state index contributed by atoms with van der Waals surface area (Å²) in [5.41, 5.74) is 1.27. The lowest BCUT2D eigenvalue weighted by Gasteiger charge is -2.18. The Labute approximate surface area is 164 Å². The van der Waals surface area contributed by atoms with Gasteiger partial charge in [0, 0.05) is 23.6 Å². The zero-order valence-corrected chi connectivity index (χ0v) is 16.6. The molecule has 0 N–H and O–H groups in total. The van der Waals surface area contributed by atoms with E-state index in [4.69, 9.17) is 0 Å². The second-order valence-electron chi connectivity index (χ2n) is 6.81. The van der Waals surface area contributed by atoms with Crippen LogP contribution in [0.15, 0.2) is 77.0 Å². The van der Waals surface area contributed by atoms with Crippen molar-refractivity contribution in [1.82, 2.24) is 14.8 Å². The number of hydrogen-bond donors (Lipinski definition) is 0. The van der Waals surface area contributed by atoms with E-state index in [9.17, 15) is 4.55 Å². The maximum absolute atomic E-state index is 12.7. The molecular formula is C22H27N3OS. The zero-order valence-electron chi connectivity index (χ0n) is 15.8. The average molecular weight is 382 g/mol. The van der Waals surface area contributed by atoms with Gasteiger partial charge in [0.1, 0.15) is 12.7 Å². The Kier molecular flexibility index (Phi) is 7.48. The molecule has 0 aliphatic carbocycles. The smallest absolute Gasteiger partial charge is 0.158 e. The molecule has 0 aliphatic rings. The van der Waals surface area contributed by atoms with E-state index in [-0.39, 0.29) is 0 Å². The molecule has 2 unspecified atom stereocenters. The van der Waals surface area contributed by atoms with E-state index in [1.807, 2.05) is 47.1 Å². The molecule has 0 radical (unpaired) electrons. The topological polar surface area (TPSA) is 53.8 Å². The van der Waals surface area contributed by atoms with Crippen LogP contribution in [-0.4, -0.2) is 19.3 Å². The van der Waals surface area contributed by atoms with Crippen molar-refractivity contribution in [1.29, 1.82) is 0 Å². The molecule has 0 aliphatic heterocycles. The minimum Gasteiger partial charge on any atom is -0.606 e. The Morgan fingerprint density at radius 2 is 1.70 bits per heavy atom. The SMILES string of the molecule is CCCCCCC(Cn1cncn1)c1ccc([S+]([O-])c2ccccc2)cc1. The van der Waals surface area contributed by atoms with Gasteiger partial charge >= 0.3 is 0 Å². The van der Waals surface area contributed by atoms with E-state index in [1.54, 1.807) is 12.7 Å². The van der Waals surface area contributed by atoms with Gasteiger partial charge in [-0.05, 0) is 36.2 Å². The fourth-order valence-electron chi connectivity index (χ4n) is 3.28. The predicted molar refractivity (Wildman–Crippen MR) is 109 cm³/mol. The molecule has 2 aromatic carbocycles. The van der Waals surface area contributed by atoms with E-state index in [0.29, 0.717) is 5.92 Å². The lowest BCUT2D eigenvalue weighted by Crippen LogP contribution is -2.10. The van der Waals surface area contributed by atoms with E-state index >= 15 is 0 Å². The highest BCUT2D eigenvalue weighted by molar-refractivity contribution is 7.91. The van der Waals surface area contributed by atoms with Gasteiger partial charge in [0.05, 0.1) is 0 Å². The van der Waals surface area contributed by atoms with Gasteiger partial charge < -0.3 is 4.55 Å². The van der Waals surface area contributed by atoms with E-state index in [0.717, 1.165) is 22.8 Å². The molecule has 0 saturated heterocycles. The van der Waals surface area contributed by atoms with Gasteiger partial charge in [0.2, 0.25) is 0 Å². The summed E-state index contributed by atoms with van der Waals surface area (Å²) in [4.78, 5) is 5.74. The molecule has 27 heavy (non-hydrogen) atoms. The molecule has 1 aromatic heterocycles. The lowest BCUT2D eigenvalue weighted by molar-refractivity contribution is 0.465. The summed E-state index contributed by atoms with van der Waals surface area (Å²) in [5, 5.41) is 4.27. The monoisotopic (exact) mass is 381 g/mol. The Balaban J connectivity index is 1.71. The molecule has 0 bridgehead atoms. The predicted octanol–water partition coefficient (Wildman–Crippen LogP) is 5.20. The van der Waals surface area contributed by atoms with Gasteiger partial charge in [-0.2, -0.15) is 5.10 Å².